The van der Waals surface area contributed by atoms with Crippen LogP contribution in [0.15, 0.2) is 38.8 Å². The molecule has 4 aromatic rings. The Morgan fingerprint density at radius 1 is 1.16 bits per heavy atom. The van der Waals surface area contributed by atoms with Crippen LogP contribution >= 0.6 is 11.5 Å². The molecule has 0 aliphatic carbocycles. The zero-order chi connectivity index (χ0) is 12.7. The third kappa shape index (κ3) is 1.55. The Kier molecular flexibility index (Phi) is 2.18. The third-order valence-corrected chi connectivity index (χ3v) is 3.30. The lowest BCUT2D eigenvalue weighted by atomic mass is 10.0. The lowest BCUT2D eigenvalue weighted by molar-refractivity contribution is 0.393. The van der Waals surface area contributed by atoms with Crippen LogP contribution in [0.4, 0.5) is 0 Å². The van der Waals surface area contributed by atoms with Gasteiger partial charge < -0.3 is 8.94 Å². The Bertz CT molecular complexity index is 821. The summed E-state index contributed by atoms with van der Waals surface area (Å²) in [7, 11) is 0. The highest BCUT2D eigenvalue weighted by Crippen LogP contribution is 2.36. The molecule has 0 saturated carbocycles. The SMILES string of the molecule is [c]1oc2cccc(-c3conn3)c2c1-c1csnn1. The molecule has 0 atom stereocenters. The predicted molar refractivity (Wildman–Crippen MR) is 67.2 cm³/mol. The largest absolute Gasteiger partial charge is 0.452 e. The van der Waals surface area contributed by atoms with Crippen LogP contribution in [0.25, 0.3) is 33.5 Å². The Hall–Kier alpha value is -2.54. The number of hydrogen-bond donors (Lipinski definition) is 0. The fourth-order valence-corrected chi connectivity index (χ4v) is 2.43. The lowest BCUT2D eigenvalue weighted by Gasteiger charge is -1.99. The molecular weight excluding hydrogens is 264 g/mol. The van der Waals surface area contributed by atoms with Gasteiger partial charge in [0.05, 0.1) is 5.56 Å². The molecule has 0 N–H and O–H groups in total. The van der Waals surface area contributed by atoms with Crippen LogP contribution in [-0.4, -0.2) is 20.0 Å². The number of rotatable bonds is 2. The Morgan fingerprint density at radius 3 is 2.95 bits per heavy atom. The minimum absolute atomic E-state index is 0.643. The van der Waals surface area contributed by atoms with E-state index in [4.69, 9.17) is 8.94 Å². The second-order valence-electron chi connectivity index (χ2n) is 3.84. The summed E-state index contributed by atoms with van der Waals surface area (Å²) in [5.41, 5.74) is 3.72. The van der Waals surface area contributed by atoms with Gasteiger partial charge in [-0.1, -0.05) is 16.6 Å². The van der Waals surface area contributed by atoms with E-state index in [2.05, 4.69) is 26.2 Å². The fourth-order valence-electron chi connectivity index (χ4n) is 1.98. The highest BCUT2D eigenvalue weighted by Gasteiger charge is 2.17. The van der Waals surface area contributed by atoms with Crippen molar-refractivity contribution in [3.63, 3.8) is 0 Å². The third-order valence-electron chi connectivity index (χ3n) is 2.79. The van der Waals surface area contributed by atoms with E-state index in [0.29, 0.717) is 11.3 Å². The highest BCUT2D eigenvalue weighted by molar-refractivity contribution is 7.03. The topological polar surface area (TPSA) is 77.8 Å². The summed E-state index contributed by atoms with van der Waals surface area (Å²) in [5, 5.41) is 14.2. The van der Waals surface area contributed by atoms with Gasteiger partial charge in [-0.05, 0) is 17.6 Å². The minimum Gasteiger partial charge on any atom is -0.452 e. The molecule has 0 unspecified atom stereocenters. The lowest BCUT2D eigenvalue weighted by Crippen LogP contribution is -1.82. The zero-order valence-electron chi connectivity index (χ0n) is 9.40. The van der Waals surface area contributed by atoms with Gasteiger partial charge >= 0.3 is 0 Å². The van der Waals surface area contributed by atoms with Gasteiger partial charge in [-0.3, -0.25) is 0 Å². The molecule has 19 heavy (non-hydrogen) atoms. The van der Waals surface area contributed by atoms with Crippen LogP contribution in [0.3, 0.4) is 0 Å². The molecule has 0 aliphatic heterocycles. The van der Waals surface area contributed by atoms with Gasteiger partial charge in [0.15, 0.2) is 12.5 Å². The van der Waals surface area contributed by atoms with Crippen molar-refractivity contribution in [2.75, 3.05) is 0 Å². The molecule has 3 heterocycles. The number of aromatic nitrogens is 4. The molecule has 1 aromatic carbocycles. The Labute approximate surface area is 110 Å². The predicted octanol–water partition coefficient (Wildman–Crippen LogP) is 2.80. The number of hydrogen-bond acceptors (Lipinski definition) is 7. The Balaban J connectivity index is 2.07. The maximum atomic E-state index is 5.44. The second kappa shape index (κ2) is 3.99. The van der Waals surface area contributed by atoms with E-state index in [9.17, 15) is 0 Å². The van der Waals surface area contributed by atoms with Crippen LogP contribution in [-0.2, 0) is 0 Å². The molecule has 0 saturated heterocycles. The van der Waals surface area contributed by atoms with Crippen LogP contribution in [0.5, 0.6) is 0 Å². The molecule has 4 rings (SSSR count). The summed E-state index contributed by atoms with van der Waals surface area (Å²) in [5.74, 6) is 0. The quantitative estimate of drug-likeness (QED) is 0.556. The van der Waals surface area contributed by atoms with E-state index in [1.165, 1.54) is 17.8 Å². The molecule has 7 heteroatoms. The van der Waals surface area contributed by atoms with Crippen molar-refractivity contribution < 1.29 is 8.94 Å². The molecular formula is C12H5N4O2S. The second-order valence-corrected chi connectivity index (χ2v) is 4.45. The van der Waals surface area contributed by atoms with Crippen molar-refractivity contribution >= 4 is 22.5 Å². The van der Waals surface area contributed by atoms with Crippen molar-refractivity contribution in [1.82, 2.24) is 20.0 Å². The van der Waals surface area contributed by atoms with Crippen molar-refractivity contribution in [1.29, 1.82) is 0 Å². The molecule has 0 amide bonds. The summed E-state index contributed by atoms with van der Waals surface area (Å²) >= 11 is 1.28. The minimum atomic E-state index is 0.643. The van der Waals surface area contributed by atoms with Crippen LogP contribution < -0.4 is 0 Å². The summed E-state index contributed by atoms with van der Waals surface area (Å²) in [6.07, 6.45) is 4.36. The van der Waals surface area contributed by atoms with Crippen molar-refractivity contribution in [3.8, 4) is 22.5 Å². The number of nitrogens with zero attached hydrogens (tertiary/aromatic N) is 4. The van der Waals surface area contributed by atoms with E-state index in [1.807, 2.05) is 23.6 Å². The molecule has 0 spiro atoms. The number of furan rings is 1. The van der Waals surface area contributed by atoms with Gasteiger partial charge in [0.2, 0.25) is 0 Å². The van der Waals surface area contributed by atoms with Crippen molar-refractivity contribution in [2.45, 2.75) is 0 Å². The number of fused-ring (bicyclic) bond motifs is 1. The molecule has 3 aromatic heterocycles. The molecule has 91 valence electrons. The average Bonchev–Trinajstić information content (AvgIpc) is 3.18. The first-order valence-corrected chi connectivity index (χ1v) is 6.25. The van der Waals surface area contributed by atoms with Crippen molar-refractivity contribution in [3.05, 3.63) is 36.1 Å². The Morgan fingerprint density at radius 2 is 2.16 bits per heavy atom. The van der Waals surface area contributed by atoms with Gasteiger partial charge in [-0.2, -0.15) is 0 Å². The number of benzene rings is 1. The van der Waals surface area contributed by atoms with Gasteiger partial charge in [0, 0.05) is 21.6 Å². The molecule has 0 fully saturated rings. The van der Waals surface area contributed by atoms with Crippen LogP contribution in [0, 0.1) is 6.26 Å². The van der Waals surface area contributed by atoms with E-state index < -0.39 is 0 Å². The summed E-state index contributed by atoms with van der Waals surface area (Å²) in [6, 6.07) is 5.67. The molecule has 6 nitrogen and oxygen atoms in total. The first kappa shape index (κ1) is 10.4. The van der Waals surface area contributed by atoms with Crippen LogP contribution in [0.1, 0.15) is 0 Å². The van der Waals surface area contributed by atoms with Gasteiger partial charge in [0.25, 0.3) is 0 Å². The normalized spacial score (nSPS) is 11.2. The highest BCUT2D eigenvalue weighted by atomic mass is 32.1. The monoisotopic (exact) mass is 269 g/mol. The maximum Gasteiger partial charge on any atom is 0.180 e. The summed E-state index contributed by atoms with van der Waals surface area (Å²) in [6.45, 7) is 0. The molecule has 0 bridgehead atoms. The van der Waals surface area contributed by atoms with Gasteiger partial charge in [0.1, 0.15) is 17.0 Å². The van der Waals surface area contributed by atoms with Crippen molar-refractivity contribution in [2.24, 2.45) is 0 Å². The average molecular weight is 269 g/mol. The van der Waals surface area contributed by atoms with E-state index in [-0.39, 0.29) is 0 Å². The first-order valence-electron chi connectivity index (χ1n) is 5.41. The van der Waals surface area contributed by atoms with Crippen LogP contribution in [0.2, 0.25) is 0 Å². The van der Waals surface area contributed by atoms with Gasteiger partial charge in [-0.25, -0.2) is 0 Å². The van der Waals surface area contributed by atoms with E-state index in [0.717, 1.165) is 22.2 Å². The maximum absolute atomic E-state index is 5.44. The molecule has 0 aliphatic rings. The first-order chi connectivity index (χ1) is 9.43. The molecule has 1 radical (unpaired) electrons. The standard InChI is InChI=1S/C12H5N4O2S/c1-2-7(9-5-18-15-13-9)12-8(4-17-11(12)3-1)10-6-19-16-14-10/h1-3,5-6H. The van der Waals surface area contributed by atoms with E-state index in [1.54, 1.807) is 0 Å². The summed E-state index contributed by atoms with van der Waals surface area (Å²) < 4.78 is 14.1. The smallest absolute Gasteiger partial charge is 0.180 e. The van der Waals surface area contributed by atoms with E-state index >= 15 is 0 Å². The summed E-state index contributed by atoms with van der Waals surface area (Å²) in [4.78, 5) is 0. The zero-order valence-corrected chi connectivity index (χ0v) is 10.2. The van der Waals surface area contributed by atoms with Gasteiger partial charge in [-0.15, -0.1) is 10.2 Å². The fraction of sp³-hybridized carbons (Fsp3) is 0.